The molecule has 192 valence electrons. The fraction of sp³-hybridized carbons (Fsp3) is 0.654. The standard InChI is InChI=1S/C26H43N3O5/c1-12-26(10,11)29(22(32)17(3)27-23(33)34-25(7,8)9)20(21(31)28-24(4,5)6)18-13-14-19(30)16(2)15-18/h13-15,17,20,30H,12H2,1-11H3,(H,27,33)(H,28,31). The number of benzene rings is 1. The molecular formula is C26H43N3O5. The third kappa shape index (κ3) is 8.22. The number of aryl methyl sites for hydroxylation is 1. The van der Waals surface area contributed by atoms with Crippen molar-refractivity contribution in [1.82, 2.24) is 15.5 Å². The van der Waals surface area contributed by atoms with Gasteiger partial charge in [-0.15, -0.1) is 0 Å². The Labute approximate surface area is 204 Å². The van der Waals surface area contributed by atoms with Gasteiger partial charge in [0, 0.05) is 11.1 Å². The lowest BCUT2D eigenvalue weighted by Crippen LogP contribution is -2.59. The van der Waals surface area contributed by atoms with Gasteiger partial charge in [-0.05, 0) is 98.9 Å². The Morgan fingerprint density at radius 1 is 1.06 bits per heavy atom. The van der Waals surface area contributed by atoms with Crippen LogP contribution in [0.3, 0.4) is 0 Å². The van der Waals surface area contributed by atoms with E-state index in [1.165, 1.54) is 11.0 Å². The minimum absolute atomic E-state index is 0.103. The highest BCUT2D eigenvalue weighted by atomic mass is 16.6. The highest BCUT2D eigenvalue weighted by molar-refractivity contribution is 5.92. The maximum absolute atomic E-state index is 13.8. The number of carbonyl (C=O) groups is 3. The monoisotopic (exact) mass is 477 g/mol. The Morgan fingerprint density at radius 3 is 2.06 bits per heavy atom. The number of alkyl carbamates (subject to hydrolysis) is 1. The van der Waals surface area contributed by atoms with Gasteiger partial charge in [0.2, 0.25) is 11.8 Å². The van der Waals surface area contributed by atoms with Gasteiger partial charge in [-0.3, -0.25) is 9.59 Å². The summed E-state index contributed by atoms with van der Waals surface area (Å²) in [6.07, 6.45) is -0.146. The molecule has 0 aliphatic heterocycles. The molecule has 0 radical (unpaired) electrons. The molecule has 0 bridgehead atoms. The molecule has 1 aromatic carbocycles. The molecule has 0 aliphatic rings. The molecular weight excluding hydrogens is 434 g/mol. The highest BCUT2D eigenvalue weighted by Crippen LogP contribution is 2.34. The summed E-state index contributed by atoms with van der Waals surface area (Å²) in [6.45, 7) is 19.9. The molecule has 1 rings (SSSR count). The van der Waals surface area contributed by atoms with Crippen LogP contribution >= 0.6 is 0 Å². The molecule has 0 spiro atoms. The van der Waals surface area contributed by atoms with E-state index in [0.29, 0.717) is 17.5 Å². The molecule has 34 heavy (non-hydrogen) atoms. The number of ether oxygens (including phenoxy) is 1. The van der Waals surface area contributed by atoms with Crippen LogP contribution in [0.25, 0.3) is 0 Å². The molecule has 2 atom stereocenters. The minimum atomic E-state index is -0.983. The summed E-state index contributed by atoms with van der Waals surface area (Å²) in [7, 11) is 0. The SMILES string of the molecule is CCC(C)(C)N(C(=O)C(C)NC(=O)OC(C)(C)C)C(C(=O)NC(C)(C)C)c1ccc(O)c(C)c1. The largest absolute Gasteiger partial charge is 0.508 e. The van der Waals surface area contributed by atoms with Crippen LogP contribution in [0.4, 0.5) is 4.79 Å². The van der Waals surface area contributed by atoms with Crippen molar-refractivity contribution in [3.63, 3.8) is 0 Å². The lowest BCUT2D eigenvalue weighted by Gasteiger charge is -2.45. The highest BCUT2D eigenvalue weighted by Gasteiger charge is 2.42. The number of phenolic OH excluding ortho intramolecular Hbond substituents is 1. The number of nitrogens with zero attached hydrogens (tertiary/aromatic N) is 1. The predicted octanol–water partition coefficient (Wildman–Crippen LogP) is 4.59. The fourth-order valence-electron chi connectivity index (χ4n) is 3.40. The number of amides is 3. The van der Waals surface area contributed by atoms with E-state index in [-0.39, 0.29) is 11.7 Å². The number of phenols is 1. The van der Waals surface area contributed by atoms with Crippen molar-refractivity contribution in [3.05, 3.63) is 29.3 Å². The average Bonchev–Trinajstić information content (AvgIpc) is 2.64. The van der Waals surface area contributed by atoms with E-state index in [1.54, 1.807) is 46.8 Å². The number of nitrogens with one attached hydrogen (secondary N) is 2. The summed E-state index contributed by atoms with van der Waals surface area (Å²) in [5, 5.41) is 15.6. The molecule has 2 unspecified atom stereocenters. The first-order valence-electron chi connectivity index (χ1n) is 11.7. The number of hydrogen-bond donors (Lipinski definition) is 3. The predicted molar refractivity (Wildman–Crippen MR) is 134 cm³/mol. The Hall–Kier alpha value is -2.77. The van der Waals surface area contributed by atoms with Crippen molar-refractivity contribution in [2.45, 2.75) is 111 Å². The van der Waals surface area contributed by atoms with E-state index in [2.05, 4.69) is 10.6 Å². The molecule has 1 aromatic rings. The summed E-state index contributed by atoms with van der Waals surface area (Å²) in [5.41, 5.74) is -0.822. The van der Waals surface area contributed by atoms with E-state index < -0.39 is 40.8 Å². The van der Waals surface area contributed by atoms with Crippen molar-refractivity contribution >= 4 is 17.9 Å². The van der Waals surface area contributed by atoms with Crippen LogP contribution < -0.4 is 10.6 Å². The van der Waals surface area contributed by atoms with Gasteiger partial charge in [0.1, 0.15) is 23.4 Å². The van der Waals surface area contributed by atoms with Crippen molar-refractivity contribution in [2.75, 3.05) is 0 Å². The minimum Gasteiger partial charge on any atom is -0.508 e. The number of hydrogen-bond acceptors (Lipinski definition) is 5. The van der Waals surface area contributed by atoms with E-state index in [9.17, 15) is 19.5 Å². The second kappa shape index (κ2) is 10.7. The van der Waals surface area contributed by atoms with Gasteiger partial charge >= 0.3 is 6.09 Å². The van der Waals surface area contributed by atoms with Crippen LogP contribution in [0.5, 0.6) is 5.75 Å². The number of aromatic hydroxyl groups is 1. The second-order valence-corrected chi connectivity index (χ2v) is 11.4. The lowest BCUT2D eigenvalue weighted by atomic mass is 9.91. The summed E-state index contributed by atoms with van der Waals surface area (Å²) in [4.78, 5) is 41.3. The van der Waals surface area contributed by atoms with Crippen molar-refractivity contribution in [3.8, 4) is 5.75 Å². The van der Waals surface area contributed by atoms with Gasteiger partial charge in [0.25, 0.3) is 0 Å². The molecule has 0 fully saturated rings. The number of carbonyl (C=O) groups excluding carboxylic acids is 3. The van der Waals surface area contributed by atoms with E-state index >= 15 is 0 Å². The summed E-state index contributed by atoms with van der Waals surface area (Å²) in [6, 6.07) is 2.95. The topological polar surface area (TPSA) is 108 Å². The third-order valence-electron chi connectivity index (χ3n) is 5.40. The first-order valence-corrected chi connectivity index (χ1v) is 11.7. The summed E-state index contributed by atoms with van der Waals surface area (Å²) in [5.74, 6) is -0.666. The molecule has 0 saturated heterocycles. The Morgan fingerprint density at radius 2 is 1.62 bits per heavy atom. The first kappa shape index (κ1) is 29.3. The maximum Gasteiger partial charge on any atom is 0.408 e. The zero-order valence-corrected chi connectivity index (χ0v) is 22.6. The molecule has 3 amide bonds. The van der Waals surface area contributed by atoms with Crippen molar-refractivity contribution < 1.29 is 24.2 Å². The fourth-order valence-corrected chi connectivity index (χ4v) is 3.40. The Bertz CT molecular complexity index is 897. The van der Waals surface area contributed by atoms with Crippen molar-refractivity contribution in [1.29, 1.82) is 0 Å². The summed E-state index contributed by atoms with van der Waals surface area (Å²) < 4.78 is 5.31. The van der Waals surface area contributed by atoms with E-state index in [1.807, 2.05) is 41.5 Å². The number of rotatable bonds is 7. The van der Waals surface area contributed by atoms with Crippen LogP contribution in [0.15, 0.2) is 18.2 Å². The van der Waals surface area contributed by atoms with E-state index in [0.717, 1.165) is 0 Å². The molecule has 8 heteroatoms. The Kier molecular flexibility index (Phi) is 9.17. The van der Waals surface area contributed by atoms with Gasteiger partial charge in [-0.2, -0.15) is 0 Å². The van der Waals surface area contributed by atoms with Gasteiger partial charge in [0.05, 0.1) is 0 Å². The lowest BCUT2D eigenvalue weighted by molar-refractivity contribution is -0.149. The zero-order chi connectivity index (χ0) is 26.6. The normalized spacial score (nSPS) is 14.1. The summed E-state index contributed by atoms with van der Waals surface area (Å²) >= 11 is 0. The molecule has 0 saturated carbocycles. The maximum atomic E-state index is 13.8. The quantitative estimate of drug-likeness (QED) is 0.532. The average molecular weight is 478 g/mol. The van der Waals surface area contributed by atoms with Gasteiger partial charge < -0.3 is 25.4 Å². The van der Waals surface area contributed by atoms with Crippen LogP contribution in [0.1, 0.15) is 92.8 Å². The van der Waals surface area contributed by atoms with Crippen LogP contribution in [0, 0.1) is 6.92 Å². The Balaban J connectivity index is 3.56. The molecule has 8 nitrogen and oxygen atoms in total. The van der Waals surface area contributed by atoms with Crippen LogP contribution in [-0.4, -0.2) is 50.6 Å². The van der Waals surface area contributed by atoms with Crippen molar-refractivity contribution in [2.24, 2.45) is 0 Å². The first-order chi connectivity index (χ1) is 15.3. The second-order valence-electron chi connectivity index (χ2n) is 11.4. The van der Waals surface area contributed by atoms with Crippen LogP contribution in [-0.2, 0) is 14.3 Å². The molecule has 0 aliphatic carbocycles. The molecule has 0 aromatic heterocycles. The van der Waals surface area contributed by atoms with E-state index in [4.69, 9.17) is 4.74 Å². The smallest absolute Gasteiger partial charge is 0.408 e. The van der Waals surface area contributed by atoms with Crippen LogP contribution in [0.2, 0.25) is 0 Å². The molecule has 3 N–H and O–H groups in total. The molecule has 0 heterocycles. The van der Waals surface area contributed by atoms with Gasteiger partial charge in [-0.25, -0.2) is 4.79 Å². The third-order valence-corrected chi connectivity index (χ3v) is 5.40. The zero-order valence-electron chi connectivity index (χ0n) is 22.6. The van der Waals surface area contributed by atoms with Gasteiger partial charge in [-0.1, -0.05) is 13.0 Å². The van der Waals surface area contributed by atoms with Gasteiger partial charge in [0.15, 0.2) is 0 Å².